The number of carboxylic acid groups (broad SMARTS) is 1. The molecule has 2 aromatic carbocycles. The van der Waals surface area contributed by atoms with E-state index in [9.17, 15) is 4.79 Å². The lowest BCUT2D eigenvalue weighted by Gasteiger charge is -2.28. The Balaban J connectivity index is 2.06. The normalized spacial score (nSPS) is 12.2. The van der Waals surface area contributed by atoms with Gasteiger partial charge in [-0.05, 0) is 49.4 Å². The third-order valence-corrected chi connectivity index (χ3v) is 5.37. The third-order valence-electron chi connectivity index (χ3n) is 4.05. The van der Waals surface area contributed by atoms with Crippen molar-refractivity contribution in [1.82, 2.24) is 4.90 Å². The number of halogens is 1. The average molecular weight is 394 g/mol. The standard InChI is InChI=1S/C20H24ClNO3S/c1-3-16(22(4-2)13-20(23)24)14-25-18-7-5-6-8-19(18)26-17-11-9-15(21)10-12-17/h5-12,16H,3-4,13-14H2,1-2H3,(H,23,24). The van der Waals surface area contributed by atoms with Gasteiger partial charge in [0.15, 0.2) is 0 Å². The molecule has 26 heavy (non-hydrogen) atoms. The van der Waals surface area contributed by atoms with Crippen LogP contribution in [0, 0.1) is 0 Å². The van der Waals surface area contributed by atoms with Gasteiger partial charge in [0.25, 0.3) is 0 Å². The van der Waals surface area contributed by atoms with Gasteiger partial charge in [0.05, 0.1) is 11.4 Å². The van der Waals surface area contributed by atoms with E-state index >= 15 is 0 Å². The number of carboxylic acids is 1. The van der Waals surface area contributed by atoms with Crippen molar-refractivity contribution < 1.29 is 14.6 Å². The smallest absolute Gasteiger partial charge is 0.317 e. The van der Waals surface area contributed by atoms with Gasteiger partial charge in [-0.15, -0.1) is 0 Å². The van der Waals surface area contributed by atoms with Crippen molar-refractivity contribution in [3.63, 3.8) is 0 Å². The zero-order chi connectivity index (χ0) is 18.9. The van der Waals surface area contributed by atoms with Gasteiger partial charge < -0.3 is 9.84 Å². The number of ether oxygens (including phenoxy) is 1. The Kier molecular flexibility index (Phi) is 8.29. The first-order valence-corrected chi connectivity index (χ1v) is 9.84. The molecule has 0 aromatic heterocycles. The Morgan fingerprint density at radius 2 is 1.88 bits per heavy atom. The summed E-state index contributed by atoms with van der Waals surface area (Å²) in [7, 11) is 0. The summed E-state index contributed by atoms with van der Waals surface area (Å²) in [6, 6.07) is 15.6. The minimum absolute atomic E-state index is 0.0273. The first-order valence-electron chi connectivity index (χ1n) is 8.64. The lowest BCUT2D eigenvalue weighted by Crippen LogP contribution is -2.42. The second-order valence-electron chi connectivity index (χ2n) is 5.83. The van der Waals surface area contributed by atoms with Crippen molar-refractivity contribution in [2.45, 2.75) is 36.1 Å². The van der Waals surface area contributed by atoms with Crippen molar-refractivity contribution in [3.8, 4) is 5.75 Å². The second kappa shape index (κ2) is 10.5. The highest BCUT2D eigenvalue weighted by Gasteiger charge is 2.19. The molecule has 2 aromatic rings. The topological polar surface area (TPSA) is 49.8 Å². The van der Waals surface area contributed by atoms with Crippen molar-refractivity contribution in [2.24, 2.45) is 0 Å². The van der Waals surface area contributed by atoms with E-state index < -0.39 is 5.97 Å². The Hall–Kier alpha value is -1.69. The molecule has 0 saturated carbocycles. The monoisotopic (exact) mass is 393 g/mol. The summed E-state index contributed by atoms with van der Waals surface area (Å²) in [6.45, 7) is 5.17. The summed E-state index contributed by atoms with van der Waals surface area (Å²) in [6.07, 6.45) is 0.827. The number of hydrogen-bond donors (Lipinski definition) is 1. The molecule has 0 bridgehead atoms. The van der Waals surface area contributed by atoms with Crippen LogP contribution in [0.15, 0.2) is 58.3 Å². The summed E-state index contributed by atoms with van der Waals surface area (Å²) in [5.74, 6) is -0.0127. The van der Waals surface area contributed by atoms with Crippen molar-refractivity contribution in [2.75, 3.05) is 19.7 Å². The summed E-state index contributed by atoms with van der Waals surface area (Å²) < 4.78 is 6.07. The van der Waals surface area contributed by atoms with Gasteiger partial charge in [0.1, 0.15) is 12.4 Å². The van der Waals surface area contributed by atoms with Gasteiger partial charge in [-0.25, -0.2) is 0 Å². The molecular formula is C20H24ClNO3S. The van der Waals surface area contributed by atoms with Gasteiger partial charge in [-0.3, -0.25) is 9.69 Å². The molecule has 140 valence electrons. The zero-order valence-electron chi connectivity index (χ0n) is 15.0. The van der Waals surface area contributed by atoms with E-state index in [4.69, 9.17) is 21.4 Å². The quantitative estimate of drug-likeness (QED) is 0.611. The molecule has 0 fully saturated rings. The van der Waals surface area contributed by atoms with Crippen molar-refractivity contribution in [1.29, 1.82) is 0 Å². The summed E-state index contributed by atoms with van der Waals surface area (Å²) in [5, 5.41) is 9.79. The minimum Gasteiger partial charge on any atom is -0.491 e. The lowest BCUT2D eigenvalue weighted by molar-refractivity contribution is -0.139. The predicted octanol–water partition coefficient (Wildman–Crippen LogP) is 5.06. The van der Waals surface area contributed by atoms with Crippen molar-refractivity contribution >= 4 is 29.3 Å². The predicted molar refractivity (Wildman–Crippen MR) is 106 cm³/mol. The van der Waals surface area contributed by atoms with Gasteiger partial charge in [-0.2, -0.15) is 0 Å². The number of benzene rings is 2. The van der Waals surface area contributed by atoms with Gasteiger partial charge in [0, 0.05) is 16.0 Å². The summed E-state index contributed by atoms with van der Waals surface area (Å²) in [5.41, 5.74) is 0. The molecule has 0 aliphatic heterocycles. The molecule has 4 nitrogen and oxygen atoms in total. The van der Waals surface area contributed by atoms with Crippen LogP contribution in [0.25, 0.3) is 0 Å². The molecule has 0 saturated heterocycles. The Morgan fingerprint density at radius 1 is 1.19 bits per heavy atom. The molecule has 1 unspecified atom stereocenters. The molecule has 0 radical (unpaired) electrons. The maximum Gasteiger partial charge on any atom is 0.317 e. The fourth-order valence-electron chi connectivity index (χ4n) is 2.62. The summed E-state index contributed by atoms with van der Waals surface area (Å²) in [4.78, 5) is 15.1. The third kappa shape index (κ3) is 6.24. The second-order valence-corrected chi connectivity index (χ2v) is 7.38. The number of likely N-dealkylation sites (N-methyl/N-ethyl adjacent to an activating group) is 1. The van der Waals surface area contributed by atoms with Crippen molar-refractivity contribution in [3.05, 3.63) is 53.6 Å². The number of rotatable bonds is 10. The highest BCUT2D eigenvalue weighted by atomic mass is 35.5. The molecule has 1 atom stereocenters. The fourth-order valence-corrected chi connectivity index (χ4v) is 3.65. The van der Waals surface area contributed by atoms with Crippen LogP contribution in [0.2, 0.25) is 5.02 Å². The van der Waals surface area contributed by atoms with Crippen LogP contribution in [0.1, 0.15) is 20.3 Å². The van der Waals surface area contributed by atoms with E-state index in [2.05, 4.69) is 0 Å². The Morgan fingerprint density at radius 3 is 2.50 bits per heavy atom. The van der Waals surface area contributed by atoms with Crippen LogP contribution in [0.5, 0.6) is 5.75 Å². The maximum absolute atomic E-state index is 11.0. The number of hydrogen-bond acceptors (Lipinski definition) is 4. The van der Waals surface area contributed by atoms with Crippen LogP contribution in [0.4, 0.5) is 0 Å². The van der Waals surface area contributed by atoms with E-state index in [1.807, 2.05) is 67.3 Å². The first-order chi connectivity index (χ1) is 12.5. The summed E-state index contributed by atoms with van der Waals surface area (Å²) >= 11 is 7.56. The highest BCUT2D eigenvalue weighted by Crippen LogP contribution is 2.35. The lowest BCUT2D eigenvalue weighted by atomic mass is 10.2. The van der Waals surface area contributed by atoms with E-state index in [1.54, 1.807) is 11.8 Å². The largest absolute Gasteiger partial charge is 0.491 e. The molecule has 0 heterocycles. The van der Waals surface area contributed by atoms with E-state index in [1.165, 1.54) is 0 Å². The molecule has 1 N–H and O–H groups in total. The Labute approximate surface area is 164 Å². The molecular weight excluding hydrogens is 370 g/mol. The highest BCUT2D eigenvalue weighted by molar-refractivity contribution is 7.99. The van der Waals surface area contributed by atoms with Gasteiger partial charge >= 0.3 is 5.97 Å². The molecule has 2 rings (SSSR count). The zero-order valence-corrected chi connectivity index (χ0v) is 16.6. The van der Waals surface area contributed by atoms with Crippen LogP contribution in [-0.2, 0) is 4.79 Å². The van der Waals surface area contributed by atoms with Crippen LogP contribution in [-0.4, -0.2) is 41.7 Å². The number of para-hydroxylation sites is 1. The number of aliphatic carboxylic acids is 1. The first kappa shape index (κ1) is 20.6. The maximum atomic E-state index is 11.0. The van der Waals surface area contributed by atoms with Crippen LogP contribution >= 0.6 is 23.4 Å². The minimum atomic E-state index is -0.816. The van der Waals surface area contributed by atoms with Crippen LogP contribution < -0.4 is 4.74 Å². The SMILES string of the molecule is CCC(COc1ccccc1Sc1ccc(Cl)cc1)N(CC)CC(=O)O. The van der Waals surface area contributed by atoms with E-state index in [-0.39, 0.29) is 12.6 Å². The van der Waals surface area contributed by atoms with Gasteiger partial charge in [0.2, 0.25) is 0 Å². The number of nitrogens with zero attached hydrogens (tertiary/aromatic N) is 1. The van der Waals surface area contributed by atoms with E-state index in [0.29, 0.717) is 18.2 Å². The molecule has 0 amide bonds. The van der Waals surface area contributed by atoms with Crippen LogP contribution in [0.3, 0.4) is 0 Å². The molecule has 0 aliphatic rings. The average Bonchev–Trinajstić information content (AvgIpc) is 2.64. The molecule has 0 aliphatic carbocycles. The molecule has 6 heteroatoms. The fraction of sp³-hybridized carbons (Fsp3) is 0.350. The van der Waals surface area contributed by atoms with E-state index in [0.717, 1.165) is 22.0 Å². The molecule has 0 spiro atoms. The number of carbonyl (C=O) groups is 1. The Bertz CT molecular complexity index is 708. The van der Waals surface area contributed by atoms with Gasteiger partial charge in [-0.1, -0.05) is 49.3 Å².